The third-order valence-corrected chi connectivity index (χ3v) is 2.33. The minimum absolute atomic E-state index is 0.969. The number of hydrogen-bond acceptors (Lipinski definition) is 1. The summed E-state index contributed by atoms with van der Waals surface area (Å²) in [5.74, 6) is 1.64. The molecule has 0 heterocycles. The Kier molecular flexibility index (Phi) is 3.15. The van der Waals surface area contributed by atoms with Crippen molar-refractivity contribution in [1.29, 1.82) is 0 Å². The van der Waals surface area contributed by atoms with Gasteiger partial charge in [0.1, 0.15) is 0 Å². The molecule has 0 amide bonds. The first-order valence-electron chi connectivity index (χ1n) is 5.02. The fourth-order valence-corrected chi connectivity index (χ4v) is 1.61. The molecule has 0 spiro atoms. The van der Waals surface area contributed by atoms with Crippen molar-refractivity contribution in [1.82, 2.24) is 0 Å². The molecule has 0 saturated carbocycles. The summed E-state index contributed by atoms with van der Waals surface area (Å²) in [5, 5.41) is 0. The number of carbonyl (C=O) groups excluding carboxylic acids is 1. The maximum absolute atomic E-state index is 10.2. The van der Waals surface area contributed by atoms with Crippen molar-refractivity contribution in [3.8, 4) is 11.1 Å². The average molecular weight is 206 g/mol. The van der Waals surface area contributed by atoms with Crippen molar-refractivity contribution in [2.24, 2.45) is 0 Å². The van der Waals surface area contributed by atoms with Gasteiger partial charge in [-0.3, -0.25) is 0 Å². The van der Waals surface area contributed by atoms with Crippen molar-refractivity contribution < 1.29 is 4.79 Å². The molecule has 0 saturated heterocycles. The van der Waals surface area contributed by atoms with E-state index in [1.165, 1.54) is 0 Å². The van der Waals surface area contributed by atoms with Gasteiger partial charge in [-0.1, -0.05) is 54.6 Å². The van der Waals surface area contributed by atoms with E-state index in [0.29, 0.717) is 0 Å². The minimum atomic E-state index is 0.969. The van der Waals surface area contributed by atoms with Gasteiger partial charge in [0.25, 0.3) is 0 Å². The zero-order valence-electron chi connectivity index (χ0n) is 8.68. The van der Waals surface area contributed by atoms with Crippen LogP contribution in [-0.4, -0.2) is 5.94 Å². The first kappa shape index (κ1) is 10.2. The zero-order valence-corrected chi connectivity index (χ0v) is 8.68. The van der Waals surface area contributed by atoms with Crippen molar-refractivity contribution in [2.75, 3.05) is 0 Å². The summed E-state index contributed by atoms with van der Waals surface area (Å²) in [7, 11) is 0. The monoisotopic (exact) mass is 206 g/mol. The molecule has 0 aliphatic carbocycles. The van der Waals surface area contributed by atoms with E-state index in [9.17, 15) is 4.79 Å². The molecule has 1 nitrogen and oxygen atoms in total. The highest BCUT2D eigenvalue weighted by Gasteiger charge is 2.00. The summed E-state index contributed by atoms with van der Waals surface area (Å²) < 4.78 is 0. The molecule has 0 fully saturated rings. The molecule has 0 atom stereocenters. The van der Waals surface area contributed by atoms with Gasteiger partial charge in [0, 0.05) is 0 Å². The van der Waals surface area contributed by atoms with Crippen LogP contribution in [0.2, 0.25) is 0 Å². The van der Waals surface area contributed by atoms with Crippen molar-refractivity contribution >= 4 is 12.0 Å². The summed E-state index contributed by atoms with van der Waals surface area (Å²) in [6.07, 6.45) is 1.65. The molecule has 2 aromatic carbocycles. The van der Waals surface area contributed by atoms with Crippen LogP contribution in [0.4, 0.5) is 0 Å². The largest absolute Gasteiger partial charge is 0.224 e. The van der Waals surface area contributed by atoms with Crippen LogP contribution >= 0.6 is 0 Å². The van der Waals surface area contributed by atoms with Crippen LogP contribution in [0.1, 0.15) is 5.56 Å². The molecular formula is C15H10O. The standard InChI is InChI=1S/C15H10O/c16-12-6-10-14-9-4-5-11-15(14)13-7-2-1-3-8-13/h1-5,7-11H. The Morgan fingerprint density at radius 3 is 2.31 bits per heavy atom. The second-order valence-corrected chi connectivity index (χ2v) is 3.34. The van der Waals surface area contributed by atoms with Crippen LogP contribution in [0, 0.1) is 0 Å². The number of benzene rings is 2. The van der Waals surface area contributed by atoms with E-state index in [1.807, 2.05) is 54.6 Å². The van der Waals surface area contributed by atoms with Crippen LogP contribution in [0.5, 0.6) is 0 Å². The lowest BCUT2D eigenvalue weighted by Gasteiger charge is -2.04. The first-order valence-corrected chi connectivity index (χ1v) is 5.02. The van der Waals surface area contributed by atoms with E-state index in [0.717, 1.165) is 16.7 Å². The molecule has 1 heteroatoms. The van der Waals surface area contributed by atoms with E-state index in [2.05, 4.69) is 5.73 Å². The van der Waals surface area contributed by atoms with Gasteiger partial charge in [-0.15, -0.1) is 0 Å². The predicted octanol–water partition coefficient (Wildman–Crippen LogP) is 3.35. The quantitative estimate of drug-likeness (QED) is 0.544. The summed E-state index contributed by atoms with van der Waals surface area (Å²) in [5.41, 5.74) is 5.63. The lowest BCUT2D eigenvalue weighted by molar-refractivity contribution is 0.569. The summed E-state index contributed by atoms with van der Waals surface area (Å²) >= 11 is 0. The van der Waals surface area contributed by atoms with Gasteiger partial charge >= 0.3 is 0 Å². The molecule has 0 N–H and O–H groups in total. The Morgan fingerprint density at radius 1 is 0.875 bits per heavy atom. The Hall–Kier alpha value is -2.33. The molecule has 0 aliphatic rings. The predicted molar refractivity (Wildman–Crippen MR) is 65.5 cm³/mol. The van der Waals surface area contributed by atoms with Gasteiger partial charge < -0.3 is 0 Å². The maximum atomic E-state index is 10.2. The van der Waals surface area contributed by atoms with Crippen molar-refractivity contribution in [3.05, 3.63) is 65.9 Å². The first-order chi connectivity index (χ1) is 7.92. The Morgan fingerprint density at radius 2 is 1.56 bits per heavy atom. The highest BCUT2D eigenvalue weighted by molar-refractivity contribution is 5.76. The summed E-state index contributed by atoms with van der Waals surface area (Å²) in [4.78, 5) is 10.2. The normalized spacial score (nSPS) is 9.00. The van der Waals surface area contributed by atoms with Crippen LogP contribution in [0.3, 0.4) is 0 Å². The molecular weight excluding hydrogens is 196 g/mol. The fraction of sp³-hybridized carbons (Fsp3) is 0. The van der Waals surface area contributed by atoms with Crippen LogP contribution < -0.4 is 0 Å². The van der Waals surface area contributed by atoms with E-state index >= 15 is 0 Å². The lowest BCUT2D eigenvalue weighted by atomic mass is 10.00. The molecule has 2 aromatic rings. The van der Waals surface area contributed by atoms with Gasteiger partial charge in [-0.05, 0) is 28.5 Å². The molecule has 2 rings (SSSR count). The molecule has 0 bridgehead atoms. The van der Waals surface area contributed by atoms with E-state index in [1.54, 1.807) is 12.0 Å². The van der Waals surface area contributed by atoms with E-state index in [4.69, 9.17) is 0 Å². The van der Waals surface area contributed by atoms with Crippen LogP contribution in [0.25, 0.3) is 17.2 Å². The van der Waals surface area contributed by atoms with Gasteiger partial charge in [0.05, 0.1) is 0 Å². The second kappa shape index (κ2) is 4.95. The molecule has 0 unspecified atom stereocenters. The Bertz CT molecular complexity index is 557. The van der Waals surface area contributed by atoms with E-state index in [-0.39, 0.29) is 0 Å². The third-order valence-electron chi connectivity index (χ3n) is 2.33. The van der Waals surface area contributed by atoms with Gasteiger partial charge in [0.15, 0.2) is 5.94 Å². The maximum Gasteiger partial charge on any atom is 0.177 e. The lowest BCUT2D eigenvalue weighted by Crippen LogP contribution is -1.81. The minimum Gasteiger partial charge on any atom is -0.224 e. The molecule has 0 radical (unpaired) electrons. The van der Waals surface area contributed by atoms with Crippen molar-refractivity contribution in [2.45, 2.75) is 0 Å². The highest BCUT2D eigenvalue weighted by Crippen LogP contribution is 2.23. The highest BCUT2D eigenvalue weighted by atomic mass is 16.1. The van der Waals surface area contributed by atoms with Crippen LogP contribution in [-0.2, 0) is 4.79 Å². The SMILES string of the molecule is O=C=C=Cc1ccccc1-c1ccccc1. The third kappa shape index (κ3) is 2.18. The van der Waals surface area contributed by atoms with E-state index < -0.39 is 0 Å². The molecule has 0 aliphatic heterocycles. The Labute approximate surface area is 94.4 Å². The topological polar surface area (TPSA) is 17.1 Å². The zero-order chi connectivity index (χ0) is 11.2. The molecule has 76 valence electrons. The second-order valence-electron chi connectivity index (χ2n) is 3.34. The smallest absolute Gasteiger partial charge is 0.177 e. The van der Waals surface area contributed by atoms with Gasteiger partial charge in [-0.2, -0.15) is 0 Å². The summed E-state index contributed by atoms with van der Waals surface area (Å²) in [6, 6.07) is 17.9. The molecule has 0 aromatic heterocycles. The van der Waals surface area contributed by atoms with Crippen LogP contribution in [0.15, 0.2) is 60.3 Å². The number of hydrogen-bond donors (Lipinski definition) is 0. The van der Waals surface area contributed by atoms with Crippen molar-refractivity contribution in [3.63, 3.8) is 0 Å². The van der Waals surface area contributed by atoms with Gasteiger partial charge in [0.2, 0.25) is 0 Å². The fourth-order valence-electron chi connectivity index (χ4n) is 1.61. The molecule has 16 heavy (non-hydrogen) atoms. The average Bonchev–Trinajstić information content (AvgIpc) is 2.38. The van der Waals surface area contributed by atoms with Gasteiger partial charge in [-0.25, -0.2) is 4.79 Å². The summed E-state index contributed by atoms with van der Waals surface area (Å²) in [6.45, 7) is 0. The Balaban J connectivity index is 2.57. The number of rotatable bonds is 2.